The standard InChI is InChI=1S/C12H12BrN3O3/c1-8-5-10(19-15-8)7-14-6-9-3-2-4-11(12(9)13)16(17)18/h2-5,14H,6-7H2,1H3. The van der Waals surface area contributed by atoms with Gasteiger partial charge in [-0.05, 0) is 28.4 Å². The molecule has 0 saturated carbocycles. The van der Waals surface area contributed by atoms with Crippen molar-refractivity contribution in [3.8, 4) is 0 Å². The van der Waals surface area contributed by atoms with E-state index in [4.69, 9.17) is 4.52 Å². The summed E-state index contributed by atoms with van der Waals surface area (Å²) in [7, 11) is 0. The monoisotopic (exact) mass is 325 g/mol. The van der Waals surface area contributed by atoms with Gasteiger partial charge in [0.25, 0.3) is 5.69 Å². The van der Waals surface area contributed by atoms with Gasteiger partial charge in [0, 0.05) is 18.7 Å². The predicted molar refractivity (Wildman–Crippen MR) is 72.6 cm³/mol. The number of nitrogens with zero attached hydrogens (tertiary/aromatic N) is 2. The zero-order valence-corrected chi connectivity index (χ0v) is 11.8. The molecule has 0 unspecified atom stereocenters. The molecule has 6 nitrogen and oxygen atoms in total. The first-order chi connectivity index (χ1) is 9.08. The molecule has 2 aromatic rings. The van der Waals surface area contributed by atoms with Gasteiger partial charge in [-0.1, -0.05) is 17.3 Å². The van der Waals surface area contributed by atoms with Crippen molar-refractivity contribution in [2.24, 2.45) is 0 Å². The molecule has 0 spiro atoms. The maximum atomic E-state index is 10.8. The normalized spacial score (nSPS) is 10.6. The third-order valence-corrected chi connectivity index (χ3v) is 3.46. The van der Waals surface area contributed by atoms with E-state index < -0.39 is 4.92 Å². The molecule has 0 radical (unpaired) electrons. The Hall–Kier alpha value is -1.73. The number of nitro benzene ring substituents is 1. The highest BCUT2D eigenvalue weighted by Crippen LogP contribution is 2.28. The number of nitrogens with one attached hydrogen (secondary N) is 1. The van der Waals surface area contributed by atoms with Crippen LogP contribution in [0.3, 0.4) is 0 Å². The minimum Gasteiger partial charge on any atom is -0.360 e. The number of aryl methyl sites for hydroxylation is 1. The minimum absolute atomic E-state index is 0.0646. The molecule has 0 aliphatic rings. The zero-order chi connectivity index (χ0) is 13.8. The van der Waals surface area contributed by atoms with Gasteiger partial charge >= 0.3 is 0 Å². The van der Waals surface area contributed by atoms with Crippen molar-refractivity contribution in [2.75, 3.05) is 0 Å². The first kappa shape index (κ1) is 13.7. The number of aromatic nitrogens is 1. The Morgan fingerprint density at radius 3 is 2.89 bits per heavy atom. The van der Waals surface area contributed by atoms with E-state index in [1.54, 1.807) is 6.07 Å². The van der Waals surface area contributed by atoms with Gasteiger partial charge in [0.2, 0.25) is 0 Å². The van der Waals surface area contributed by atoms with E-state index in [0.29, 0.717) is 17.6 Å². The van der Waals surface area contributed by atoms with Crippen LogP contribution in [-0.4, -0.2) is 10.1 Å². The van der Waals surface area contributed by atoms with Crippen LogP contribution in [0.25, 0.3) is 0 Å². The number of halogens is 1. The quantitative estimate of drug-likeness (QED) is 0.675. The largest absolute Gasteiger partial charge is 0.360 e. The molecule has 2 rings (SSSR count). The second kappa shape index (κ2) is 5.94. The molecule has 1 aromatic heterocycles. The molecule has 0 aliphatic carbocycles. The summed E-state index contributed by atoms with van der Waals surface area (Å²) in [4.78, 5) is 10.4. The van der Waals surface area contributed by atoms with Gasteiger partial charge in [0.1, 0.15) is 0 Å². The highest BCUT2D eigenvalue weighted by Gasteiger charge is 2.14. The SMILES string of the molecule is Cc1cc(CNCc2cccc([N+](=O)[O-])c2Br)on1. The fraction of sp³-hybridized carbons (Fsp3) is 0.250. The second-order valence-electron chi connectivity index (χ2n) is 4.05. The van der Waals surface area contributed by atoms with E-state index >= 15 is 0 Å². The summed E-state index contributed by atoms with van der Waals surface area (Å²) in [5.74, 6) is 0.735. The van der Waals surface area contributed by atoms with Crippen LogP contribution in [-0.2, 0) is 13.1 Å². The van der Waals surface area contributed by atoms with Crippen molar-refractivity contribution in [1.29, 1.82) is 0 Å². The Morgan fingerprint density at radius 1 is 1.47 bits per heavy atom. The molecular formula is C12H12BrN3O3. The third kappa shape index (κ3) is 3.39. The Labute approximate surface area is 118 Å². The average molecular weight is 326 g/mol. The van der Waals surface area contributed by atoms with Crippen LogP contribution in [0.2, 0.25) is 0 Å². The highest BCUT2D eigenvalue weighted by molar-refractivity contribution is 9.10. The summed E-state index contributed by atoms with van der Waals surface area (Å²) >= 11 is 3.25. The van der Waals surface area contributed by atoms with Gasteiger partial charge in [-0.2, -0.15) is 0 Å². The van der Waals surface area contributed by atoms with Crippen molar-refractivity contribution >= 4 is 21.6 Å². The third-order valence-electron chi connectivity index (χ3n) is 2.55. The summed E-state index contributed by atoms with van der Waals surface area (Å²) < 4.78 is 5.56. The molecule has 1 N–H and O–H groups in total. The van der Waals surface area contributed by atoms with E-state index in [-0.39, 0.29) is 5.69 Å². The first-order valence-corrected chi connectivity index (χ1v) is 6.42. The van der Waals surface area contributed by atoms with Crippen molar-refractivity contribution < 1.29 is 9.45 Å². The molecule has 19 heavy (non-hydrogen) atoms. The predicted octanol–water partition coefficient (Wildman–Crippen LogP) is 2.94. The lowest BCUT2D eigenvalue weighted by Gasteiger charge is -2.05. The van der Waals surface area contributed by atoms with Crippen LogP contribution in [0.15, 0.2) is 33.3 Å². The van der Waals surface area contributed by atoms with Crippen LogP contribution in [0.5, 0.6) is 0 Å². The molecule has 0 bridgehead atoms. The van der Waals surface area contributed by atoms with Crippen molar-refractivity contribution in [2.45, 2.75) is 20.0 Å². The molecular weight excluding hydrogens is 314 g/mol. The molecule has 100 valence electrons. The van der Waals surface area contributed by atoms with Gasteiger partial charge in [-0.15, -0.1) is 0 Å². The van der Waals surface area contributed by atoms with Crippen LogP contribution < -0.4 is 5.32 Å². The second-order valence-corrected chi connectivity index (χ2v) is 4.84. The summed E-state index contributed by atoms with van der Waals surface area (Å²) in [6.45, 7) is 2.88. The molecule has 0 amide bonds. The fourth-order valence-corrected chi connectivity index (χ4v) is 2.21. The number of benzene rings is 1. The van der Waals surface area contributed by atoms with E-state index in [9.17, 15) is 10.1 Å². The lowest BCUT2D eigenvalue weighted by atomic mass is 10.2. The number of hydrogen-bond donors (Lipinski definition) is 1. The van der Waals surface area contributed by atoms with Gasteiger partial charge < -0.3 is 9.84 Å². The van der Waals surface area contributed by atoms with E-state index in [1.165, 1.54) is 6.07 Å². The number of rotatable bonds is 5. The van der Waals surface area contributed by atoms with Crippen LogP contribution in [0, 0.1) is 17.0 Å². The van der Waals surface area contributed by atoms with Crippen molar-refractivity contribution in [1.82, 2.24) is 10.5 Å². The molecule has 1 heterocycles. The Balaban J connectivity index is 2.00. The Morgan fingerprint density at radius 2 is 2.26 bits per heavy atom. The molecule has 1 aromatic carbocycles. The molecule has 0 saturated heterocycles. The molecule has 0 fully saturated rings. The lowest BCUT2D eigenvalue weighted by molar-refractivity contribution is -0.385. The fourth-order valence-electron chi connectivity index (χ4n) is 1.66. The maximum Gasteiger partial charge on any atom is 0.283 e. The summed E-state index contributed by atoms with van der Waals surface area (Å²) in [5, 5.41) is 17.7. The van der Waals surface area contributed by atoms with Crippen LogP contribution in [0.1, 0.15) is 17.0 Å². The first-order valence-electron chi connectivity index (χ1n) is 5.62. The summed E-state index contributed by atoms with van der Waals surface area (Å²) in [6, 6.07) is 6.80. The summed E-state index contributed by atoms with van der Waals surface area (Å²) in [5.41, 5.74) is 1.72. The number of hydrogen-bond acceptors (Lipinski definition) is 5. The van der Waals surface area contributed by atoms with Gasteiger partial charge in [-0.3, -0.25) is 10.1 Å². The van der Waals surface area contributed by atoms with E-state index in [2.05, 4.69) is 26.4 Å². The topological polar surface area (TPSA) is 81.2 Å². The highest BCUT2D eigenvalue weighted by atomic mass is 79.9. The van der Waals surface area contributed by atoms with Crippen LogP contribution in [0.4, 0.5) is 5.69 Å². The Kier molecular flexibility index (Phi) is 4.28. The maximum absolute atomic E-state index is 10.8. The lowest BCUT2D eigenvalue weighted by Crippen LogP contribution is -2.12. The smallest absolute Gasteiger partial charge is 0.283 e. The van der Waals surface area contributed by atoms with Gasteiger partial charge in [0.05, 0.1) is 21.6 Å². The summed E-state index contributed by atoms with van der Waals surface area (Å²) in [6.07, 6.45) is 0. The molecule has 7 heteroatoms. The number of nitro groups is 1. The molecule has 0 aliphatic heterocycles. The van der Waals surface area contributed by atoms with E-state index in [1.807, 2.05) is 19.1 Å². The van der Waals surface area contributed by atoms with Crippen molar-refractivity contribution in [3.05, 3.63) is 55.9 Å². The van der Waals surface area contributed by atoms with Gasteiger partial charge in [-0.25, -0.2) is 0 Å². The van der Waals surface area contributed by atoms with Crippen LogP contribution >= 0.6 is 15.9 Å². The molecule has 0 atom stereocenters. The average Bonchev–Trinajstić information content (AvgIpc) is 2.77. The Bertz CT molecular complexity index is 598. The minimum atomic E-state index is -0.409. The zero-order valence-electron chi connectivity index (χ0n) is 10.2. The van der Waals surface area contributed by atoms with E-state index in [0.717, 1.165) is 17.0 Å². The van der Waals surface area contributed by atoms with Gasteiger partial charge in [0.15, 0.2) is 5.76 Å². The van der Waals surface area contributed by atoms with Crippen molar-refractivity contribution in [3.63, 3.8) is 0 Å².